The number of nitriles is 1. The zero-order valence-corrected chi connectivity index (χ0v) is 22.9. The van der Waals surface area contributed by atoms with E-state index in [2.05, 4.69) is 21.9 Å². The van der Waals surface area contributed by atoms with Gasteiger partial charge in [-0.25, -0.2) is 5.43 Å². The normalized spacial score (nSPS) is 11.6. The van der Waals surface area contributed by atoms with Crippen molar-refractivity contribution < 1.29 is 19.1 Å². The monoisotopic (exact) mass is 546 g/mol. The summed E-state index contributed by atoms with van der Waals surface area (Å²) in [5.74, 6) is 0.397. The summed E-state index contributed by atoms with van der Waals surface area (Å²) in [6.07, 6.45) is 1.93. The molecule has 202 valence electrons. The molecule has 3 aromatic carbocycles. The van der Waals surface area contributed by atoms with Crippen molar-refractivity contribution in [3.63, 3.8) is 0 Å². The molecule has 0 radical (unpaired) electrons. The molecule has 0 heterocycles. The first kappa shape index (κ1) is 29.2. The lowest BCUT2D eigenvalue weighted by molar-refractivity contribution is -0.123. The molecule has 0 fully saturated rings. The van der Waals surface area contributed by atoms with Crippen LogP contribution in [0.15, 0.2) is 71.8 Å². The number of halogens is 1. The van der Waals surface area contributed by atoms with Gasteiger partial charge in [0.25, 0.3) is 11.8 Å². The summed E-state index contributed by atoms with van der Waals surface area (Å²) in [5.41, 5.74) is 4.93. The molecule has 1 atom stereocenters. The Morgan fingerprint density at radius 3 is 2.49 bits per heavy atom. The summed E-state index contributed by atoms with van der Waals surface area (Å²) >= 11 is 5.90. The first-order valence-corrected chi connectivity index (χ1v) is 13.0. The van der Waals surface area contributed by atoms with E-state index in [1.807, 2.05) is 32.9 Å². The van der Waals surface area contributed by atoms with Crippen molar-refractivity contribution in [2.45, 2.75) is 39.8 Å². The van der Waals surface area contributed by atoms with Crippen molar-refractivity contribution in [1.82, 2.24) is 10.7 Å². The Morgan fingerprint density at radius 1 is 1.05 bits per heavy atom. The third-order valence-electron chi connectivity index (χ3n) is 5.61. The second-order valence-corrected chi connectivity index (χ2v) is 9.53. The molecular formula is C30H31ClN4O4. The highest BCUT2D eigenvalue weighted by molar-refractivity contribution is 6.30. The largest absolute Gasteiger partial charge is 0.490 e. The molecule has 3 aromatic rings. The van der Waals surface area contributed by atoms with Gasteiger partial charge in [0.05, 0.1) is 24.5 Å². The van der Waals surface area contributed by atoms with E-state index < -0.39 is 11.9 Å². The highest BCUT2D eigenvalue weighted by atomic mass is 35.5. The van der Waals surface area contributed by atoms with Gasteiger partial charge in [-0.2, -0.15) is 10.4 Å². The summed E-state index contributed by atoms with van der Waals surface area (Å²) < 4.78 is 11.7. The predicted octanol–water partition coefficient (Wildman–Crippen LogP) is 5.48. The van der Waals surface area contributed by atoms with Crippen molar-refractivity contribution in [1.29, 1.82) is 5.26 Å². The Kier molecular flexibility index (Phi) is 10.9. The van der Waals surface area contributed by atoms with Crippen molar-refractivity contribution in [3.8, 4) is 17.6 Å². The number of rotatable bonds is 12. The molecule has 0 bridgehead atoms. The first-order chi connectivity index (χ1) is 18.8. The van der Waals surface area contributed by atoms with Crippen LogP contribution in [0.4, 0.5) is 0 Å². The number of carbonyl (C=O) groups excluding carboxylic acids is 2. The molecule has 0 aliphatic rings. The maximum Gasteiger partial charge on any atom is 0.262 e. The van der Waals surface area contributed by atoms with Crippen molar-refractivity contribution in [2.24, 2.45) is 11.0 Å². The molecule has 0 saturated heterocycles. The van der Waals surface area contributed by atoms with E-state index in [0.29, 0.717) is 46.2 Å². The Morgan fingerprint density at radius 2 is 1.79 bits per heavy atom. The van der Waals surface area contributed by atoms with Crippen LogP contribution in [-0.4, -0.2) is 30.7 Å². The van der Waals surface area contributed by atoms with Gasteiger partial charge in [-0.1, -0.05) is 43.6 Å². The van der Waals surface area contributed by atoms with Crippen molar-refractivity contribution in [3.05, 3.63) is 94.0 Å². The van der Waals surface area contributed by atoms with Gasteiger partial charge in [0.15, 0.2) is 11.5 Å². The number of hydrogen-bond donors (Lipinski definition) is 2. The van der Waals surface area contributed by atoms with Crippen LogP contribution in [0, 0.1) is 17.2 Å². The van der Waals surface area contributed by atoms with Gasteiger partial charge in [0.1, 0.15) is 12.6 Å². The summed E-state index contributed by atoms with van der Waals surface area (Å²) in [6.45, 7) is 6.44. The highest BCUT2D eigenvalue weighted by Crippen LogP contribution is 2.29. The fourth-order valence-electron chi connectivity index (χ4n) is 3.70. The van der Waals surface area contributed by atoms with Crippen LogP contribution in [-0.2, 0) is 11.4 Å². The molecule has 0 saturated carbocycles. The minimum atomic E-state index is -0.767. The molecule has 0 aliphatic carbocycles. The van der Waals surface area contributed by atoms with E-state index >= 15 is 0 Å². The molecule has 2 amide bonds. The zero-order valence-electron chi connectivity index (χ0n) is 22.1. The molecule has 3 rings (SSSR count). The maximum absolute atomic E-state index is 12.9. The van der Waals surface area contributed by atoms with E-state index in [4.69, 9.17) is 21.1 Å². The molecule has 2 N–H and O–H groups in total. The van der Waals surface area contributed by atoms with Crippen molar-refractivity contribution >= 4 is 29.6 Å². The lowest BCUT2D eigenvalue weighted by atomic mass is 10.0. The van der Waals surface area contributed by atoms with Gasteiger partial charge in [0, 0.05) is 16.1 Å². The maximum atomic E-state index is 12.9. The minimum Gasteiger partial charge on any atom is -0.490 e. The average molecular weight is 547 g/mol. The Hall–Kier alpha value is -4.35. The molecule has 0 aromatic heterocycles. The number of amides is 2. The van der Waals surface area contributed by atoms with E-state index in [1.54, 1.807) is 54.6 Å². The first-order valence-electron chi connectivity index (χ1n) is 12.6. The van der Waals surface area contributed by atoms with Gasteiger partial charge in [0.2, 0.25) is 0 Å². The highest BCUT2D eigenvalue weighted by Gasteiger charge is 2.22. The smallest absolute Gasteiger partial charge is 0.262 e. The zero-order chi connectivity index (χ0) is 28.2. The lowest BCUT2D eigenvalue weighted by Gasteiger charge is -2.19. The van der Waals surface area contributed by atoms with Gasteiger partial charge in [-0.3, -0.25) is 9.59 Å². The summed E-state index contributed by atoms with van der Waals surface area (Å²) in [7, 11) is 0. The third kappa shape index (κ3) is 8.87. The fraction of sp³-hybridized carbons (Fsp3) is 0.267. The minimum absolute atomic E-state index is 0.164. The topological polar surface area (TPSA) is 113 Å². The second kappa shape index (κ2) is 14.6. The van der Waals surface area contributed by atoms with Crippen LogP contribution in [0.2, 0.25) is 5.02 Å². The number of hydrogen-bond acceptors (Lipinski definition) is 6. The van der Waals surface area contributed by atoms with Gasteiger partial charge in [-0.15, -0.1) is 0 Å². The van der Waals surface area contributed by atoms with Crippen LogP contribution in [0.25, 0.3) is 0 Å². The molecule has 0 aliphatic heterocycles. The molecule has 39 heavy (non-hydrogen) atoms. The van der Waals surface area contributed by atoms with Crippen LogP contribution in [0.5, 0.6) is 11.5 Å². The number of hydrazone groups is 1. The van der Waals surface area contributed by atoms with E-state index in [9.17, 15) is 14.9 Å². The number of nitrogens with zero attached hydrogens (tertiary/aromatic N) is 2. The molecule has 0 spiro atoms. The number of nitrogens with one attached hydrogen (secondary N) is 2. The summed E-state index contributed by atoms with van der Waals surface area (Å²) in [4.78, 5) is 25.5. The summed E-state index contributed by atoms with van der Waals surface area (Å²) in [6, 6.07) is 20.4. The van der Waals surface area contributed by atoms with Gasteiger partial charge >= 0.3 is 0 Å². The Bertz CT molecular complexity index is 1350. The quantitative estimate of drug-likeness (QED) is 0.230. The third-order valence-corrected chi connectivity index (χ3v) is 5.86. The van der Waals surface area contributed by atoms with Crippen LogP contribution >= 0.6 is 11.6 Å². The fourth-order valence-corrected chi connectivity index (χ4v) is 3.82. The van der Waals surface area contributed by atoms with E-state index in [0.717, 1.165) is 5.56 Å². The number of carbonyl (C=O) groups is 2. The van der Waals surface area contributed by atoms with Gasteiger partial charge in [-0.05, 0) is 73.4 Å². The SMILES string of the molecule is CCOc1cc(/C=N/NC(=O)C(CC(C)C)NC(=O)c2ccc(Cl)cc2)ccc1OCc1ccccc1C#N. The van der Waals surface area contributed by atoms with Crippen LogP contribution in [0.1, 0.15) is 54.2 Å². The van der Waals surface area contributed by atoms with E-state index in [-0.39, 0.29) is 18.4 Å². The average Bonchev–Trinajstić information content (AvgIpc) is 2.92. The number of benzene rings is 3. The Labute approximate surface area is 233 Å². The van der Waals surface area contributed by atoms with E-state index in [1.165, 1.54) is 6.21 Å². The Balaban J connectivity index is 1.66. The van der Waals surface area contributed by atoms with Crippen molar-refractivity contribution in [2.75, 3.05) is 6.61 Å². The van der Waals surface area contributed by atoms with Crippen LogP contribution < -0.4 is 20.2 Å². The molecular weight excluding hydrogens is 516 g/mol. The lowest BCUT2D eigenvalue weighted by Crippen LogP contribution is -2.46. The summed E-state index contributed by atoms with van der Waals surface area (Å²) in [5, 5.41) is 16.7. The molecule has 1 unspecified atom stereocenters. The second-order valence-electron chi connectivity index (χ2n) is 9.09. The number of ether oxygens (including phenoxy) is 2. The van der Waals surface area contributed by atoms with Gasteiger partial charge < -0.3 is 14.8 Å². The molecule has 9 heteroatoms. The molecule has 8 nitrogen and oxygen atoms in total. The predicted molar refractivity (Wildman–Crippen MR) is 151 cm³/mol. The van der Waals surface area contributed by atoms with Crippen LogP contribution in [0.3, 0.4) is 0 Å². The standard InChI is InChI=1S/C30H31ClN4O4/c1-4-38-28-16-21(9-14-27(28)39-19-24-8-6-5-7-23(24)17-32)18-33-35-30(37)26(15-20(2)3)34-29(36)22-10-12-25(31)13-11-22/h5-14,16,18,20,26H,4,15,19H2,1-3H3,(H,34,36)(H,35,37)/b33-18+.